The van der Waals surface area contributed by atoms with E-state index in [2.05, 4.69) is 27.8 Å². The molecule has 1 N–H and O–H groups in total. The molecule has 1 nitrogen and oxygen atoms in total. The van der Waals surface area contributed by atoms with Crippen molar-refractivity contribution >= 4 is 15.9 Å². The zero-order chi connectivity index (χ0) is 10.6. The largest absolute Gasteiger partial charge is 0.387 e. The molecule has 1 atom stereocenters. The third-order valence-corrected chi connectivity index (χ3v) is 2.67. The van der Waals surface area contributed by atoms with Crippen molar-refractivity contribution in [2.75, 3.05) is 0 Å². The minimum Gasteiger partial charge on any atom is -0.387 e. The molecule has 0 aromatic heterocycles. The number of aryl methyl sites for hydroxylation is 1. The highest BCUT2D eigenvalue weighted by Crippen LogP contribution is 2.26. The first-order chi connectivity index (χ1) is 6.65. The topological polar surface area (TPSA) is 20.2 Å². The van der Waals surface area contributed by atoms with Gasteiger partial charge in [-0.2, -0.15) is 0 Å². The molecule has 0 saturated carbocycles. The lowest BCUT2D eigenvalue weighted by Crippen LogP contribution is -1.97. The molecule has 1 aromatic carbocycles. The Balaban J connectivity index is 2.88. The summed E-state index contributed by atoms with van der Waals surface area (Å²) < 4.78 is 0.947. The van der Waals surface area contributed by atoms with Gasteiger partial charge in [0.05, 0.1) is 6.10 Å². The van der Waals surface area contributed by atoms with Crippen LogP contribution < -0.4 is 0 Å². The Morgan fingerprint density at radius 1 is 1.50 bits per heavy atom. The molecule has 1 unspecified atom stereocenters. The quantitative estimate of drug-likeness (QED) is 0.802. The number of rotatable bonds is 2. The maximum absolute atomic E-state index is 9.79. The summed E-state index contributed by atoms with van der Waals surface area (Å²) in [4.78, 5) is 0. The van der Waals surface area contributed by atoms with Crippen LogP contribution in [-0.4, -0.2) is 5.11 Å². The molecule has 2 heteroatoms. The minimum atomic E-state index is -0.502. The van der Waals surface area contributed by atoms with Gasteiger partial charge in [-0.25, -0.2) is 0 Å². The Hall–Kier alpha value is -0.780. The number of hydrogen-bond acceptors (Lipinski definition) is 1. The van der Waals surface area contributed by atoms with Gasteiger partial charge in [0.25, 0.3) is 0 Å². The van der Waals surface area contributed by atoms with Crippen molar-refractivity contribution in [1.29, 1.82) is 0 Å². The molecule has 0 saturated heterocycles. The minimum absolute atomic E-state index is 0.484. The van der Waals surface area contributed by atoms with Gasteiger partial charge < -0.3 is 5.11 Å². The second kappa shape index (κ2) is 5.19. The van der Waals surface area contributed by atoms with E-state index in [4.69, 9.17) is 0 Å². The van der Waals surface area contributed by atoms with E-state index in [0.29, 0.717) is 6.42 Å². The fourth-order valence-electron chi connectivity index (χ4n) is 1.21. The van der Waals surface area contributed by atoms with Crippen molar-refractivity contribution in [3.05, 3.63) is 33.8 Å². The van der Waals surface area contributed by atoms with Gasteiger partial charge in [0.2, 0.25) is 0 Å². The van der Waals surface area contributed by atoms with Crippen molar-refractivity contribution in [3.8, 4) is 11.8 Å². The summed E-state index contributed by atoms with van der Waals surface area (Å²) in [6.07, 6.45) is -0.0181. The molecular weight excluding hydrogens is 240 g/mol. The fraction of sp³-hybridized carbons (Fsp3) is 0.333. The van der Waals surface area contributed by atoms with Crippen LogP contribution in [0.25, 0.3) is 0 Å². The Bertz CT molecular complexity index is 374. The van der Waals surface area contributed by atoms with E-state index in [-0.39, 0.29) is 0 Å². The SMILES string of the molecule is CC#CCC(O)c1ccc(C)cc1Br. The van der Waals surface area contributed by atoms with Crippen LogP contribution in [0.4, 0.5) is 0 Å². The third kappa shape index (κ3) is 2.87. The average Bonchev–Trinajstić information content (AvgIpc) is 2.14. The third-order valence-electron chi connectivity index (χ3n) is 1.99. The fourth-order valence-corrected chi connectivity index (χ4v) is 1.97. The van der Waals surface area contributed by atoms with Crippen molar-refractivity contribution in [2.24, 2.45) is 0 Å². The Morgan fingerprint density at radius 2 is 2.21 bits per heavy atom. The zero-order valence-corrected chi connectivity index (χ0v) is 9.93. The summed E-state index contributed by atoms with van der Waals surface area (Å²) in [6.45, 7) is 3.80. The Morgan fingerprint density at radius 3 is 2.79 bits per heavy atom. The summed E-state index contributed by atoms with van der Waals surface area (Å²) in [6, 6.07) is 5.92. The van der Waals surface area contributed by atoms with E-state index in [1.807, 2.05) is 25.1 Å². The molecule has 0 bridgehead atoms. The van der Waals surface area contributed by atoms with Crippen molar-refractivity contribution in [1.82, 2.24) is 0 Å². The number of hydrogen-bond donors (Lipinski definition) is 1. The van der Waals surface area contributed by atoms with Gasteiger partial charge in [0.1, 0.15) is 0 Å². The molecule has 0 amide bonds. The number of halogens is 1. The lowest BCUT2D eigenvalue weighted by Gasteiger charge is -2.10. The Kier molecular flexibility index (Phi) is 4.19. The van der Waals surface area contributed by atoms with Crippen molar-refractivity contribution < 1.29 is 5.11 Å². The first-order valence-electron chi connectivity index (χ1n) is 4.49. The molecule has 0 aliphatic carbocycles. The van der Waals surface area contributed by atoms with Crippen LogP contribution >= 0.6 is 15.9 Å². The van der Waals surface area contributed by atoms with Crippen molar-refractivity contribution in [2.45, 2.75) is 26.4 Å². The number of benzene rings is 1. The molecule has 0 heterocycles. The van der Waals surface area contributed by atoms with Gasteiger partial charge in [-0.3, -0.25) is 0 Å². The molecule has 0 radical (unpaired) electrons. The normalized spacial score (nSPS) is 11.7. The highest BCUT2D eigenvalue weighted by Gasteiger charge is 2.09. The van der Waals surface area contributed by atoms with E-state index in [1.54, 1.807) is 6.92 Å². The lowest BCUT2D eigenvalue weighted by molar-refractivity contribution is 0.183. The summed E-state index contributed by atoms with van der Waals surface area (Å²) in [5.41, 5.74) is 2.08. The Labute approximate surface area is 93.3 Å². The van der Waals surface area contributed by atoms with Gasteiger partial charge in [-0.05, 0) is 31.0 Å². The smallest absolute Gasteiger partial charge is 0.0910 e. The van der Waals surface area contributed by atoms with Crippen LogP contribution in [0.1, 0.15) is 30.6 Å². The van der Waals surface area contributed by atoms with Crippen LogP contribution in [0, 0.1) is 18.8 Å². The molecule has 0 aliphatic rings. The summed E-state index contributed by atoms with van der Waals surface area (Å²) in [5, 5.41) is 9.79. The van der Waals surface area contributed by atoms with E-state index in [1.165, 1.54) is 5.56 Å². The molecular formula is C12H13BrO. The molecule has 0 aliphatic heterocycles. The second-order valence-electron chi connectivity index (χ2n) is 3.17. The molecule has 0 fully saturated rings. The summed E-state index contributed by atoms with van der Waals surface area (Å²) in [7, 11) is 0. The van der Waals surface area contributed by atoms with Gasteiger partial charge in [0, 0.05) is 10.9 Å². The maximum Gasteiger partial charge on any atom is 0.0910 e. The van der Waals surface area contributed by atoms with Gasteiger partial charge >= 0.3 is 0 Å². The van der Waals surface area contributed by atoms with Crippen LogP contribution in [0.15, 0.2) is 22.7 Å². The van der Waals surface area contributed by atoms with Crippen molar-refractivity contribution in [3.63, 3.8) is 0 Å². The van der Waals surface area contributed by atoms with Gasteiger partial charge in [-0.1, -0.05) is 28.1 Å². The zero-order valence-electron chi connectivity index (χ0n) is 8.34. The number of aliphatic hydroxyl groups is 1. The summed E-state index contributed by atoms with van der Waals surface area (Å²) in [5.74, 6) is 5.64. The van der Waals surface area contributed by atoms with Gasteiger partial charge in [0.15, 0.2) is 0 Å². The standard InChI is InChI=1S/C12H13BrO/c1-3-4-5-12(14)10-7-6-9(2)8-11(10)13/h6-8,12,14H,5H2,1-2H3. The second-order valence-corrected chi connectivity index (χ2v) is 4.03. The monoisotopic (exact) mass is 252 g/mol. The van der Waals surface area contributed by atoms with E-state index >= 15 is 0 Å². The molecule has 0 spiro atoms. The predicted molar refractivity (Wildman–Crippen MR) is 61.9 cm³/mol. The first-order valence-corrected chi connectivity index (χ1v) is 5.28. The maximum atomic E-state index is 9.79. The van der Waals surface area contributed by atoms with Gasteiger partial charge in [-0.15, -0.1) is 11.8 Å². The number of aliphatic hydroxyl groups excluding tert-OH is 1. The molecule has 1 rings (SSSR count). The van der Waals surface area contributed by atoms with E-state index in [9.17, 15) is 5.11 Å². The van der Waals surface area contributed by atoms with Crippen LogP contribution in [-0.2, 0) is 0 Å². The van der Waals surface area contributed by atoms with Crippen LogP contribution in [0.2, 0.25) is 0 Å². The van der Waals surface area contributed by atoms with Crippen LogP contribution in [0.5, 0.6) is 0 Å². The molecule has 74 valence electrons. The van der Waals surface area contributed by atoms with E-state index < -0.39 is 6.10 Å². The highest BCUT2D eigenvalue weighted by molar-refractivity contribution is 9.10. The highest BCUT2D eigenvalue weighted by atomic mass is 79.9. The first kappa shape index (κ1) is 11.3. The lowest BCUT2D eigenvalue weighted by atomic mass is 10.1. The predicted octanol–water partition coefficient (Wildman–Crippen LogP) is 3.20. The average molecular weight is 253 g/mol. The molecule has 1 aromatic rings. The summed E-state index contributed by atoms with van der Waals surface area (Å²) >= 11 is 3.43. The molecule has 14 heavy (non-hydrogen) atoms. The van der Waals surface area contributed by atoms with Crippen LogP contribution in [0.3, 0.4) is 0 Å². The van der Waals surface area contributed by atoms with E-state index in [0.717, 1.165) is 10.0 Å².